The summed E-state index contributed by atoms with van der Waals surface area (Å²) in [7, 11) is 0. The highest BCUT2D eigenvalue weighted by atomic mass is 79.9. The van der Waals surface area contributed by atoms with E-state index in [1.54, 1.807) is 0 Å². The van der Waals surface area contributed by atoms with Crippen LogP contribution in [0.25, 0.3) is 0 Å². The number of aromatic nitrogens is 1. The van der Waals surface area contributed by atoms with Gasteiger partial charge in [0.1, 0.15) is 0 Å². The quantitative estimate of drug-likeness (QED) is 0.679. The average Bonchev–Trinajstić information content (AvgIpc) is 1.88. The molecule has 0 aliphatic carbocycles. The third-order valence-corrected chi connectivity index (χ3v) is 1.92. The predicted octanol–water partition coefficient (Wildman–Crippen LogP) is 2.71. The summed E-state index contributed by atoms with van der Waals surface area (Å²) in [5.41, 5.74) is 2.44. The van der Waals surface area contributed by atoms with E-state index in [2.05, 4.69) is 40.8 Å². The van der Waals surface area contributed by atoms with Gasteiger partial charge in [0, 0.05) is 16.4 Å². The van der Waals surface area contributed by atoms with Crippen molar-refractivity contribution in [2.45, 2.75) is 20.3 Å². The van der Waals surface area contributed by atoms with Crippen molar-refractivity contribution < 1.29 is 0 Å². The zero-order valence-corrected chi connectivity index (χ0v) is 7.77. The maximum Gasteiger partial charge on any atom is 0.0430 e. The van der Waals surface area contributed by atoms with Crippen molar-refractivity contribution in [2.75, 3.05) is 0 Å². The van der Waals surface area contributed by atoms with Gasteiger partial charge in [0.25, 0.3) is 0 Å². The summed E-state index contributed by atoms with van der Waals surface area (Å²) in [6.45, 7) is 4.19. The molecule has 0 aromatic carbocycles. The second-order valence-electron chi connectivity index (χ2n) is 2.27. The molecule has 0 N–H and O–H groups in total. The zero-order valence-electron chi connectivity index (χ0n) is 6.19. The summed E-state index contributed by atoms with van der Waals surface area (Å²) in [6.07, 6.45) is 2.85. The molecular weight excluding hydrogens is 190 g/mol. The molecule has 1 aromatic heterocycles. The second kappa shape index (κ2) is 3.15. The minimum atomic E-state index is 1.01. The molecule has 54 valence electrons. The molecule has 1 rings (SSSR count). The fourth-order valence-electron chi connectivity index (χ4n) is 0.939. The molecule has 0 atom stereocenters. The Balaban J connectivity index is 3.07. The highest BCUT2D eigenvalue weighted by Crippen LogP contribution is 2.12. The van der Waals surface area contributed by atoms with E-state index >= 15 is 0 Å². The molecule has 0 fully saturated rings. The lowest BCUT2D eigenvalue weighted by Crippen LogP contribution is -1.90. The Morgan fingerprint density at radius 3 is 2.80 bits per heavy atom. The third-order valence-electron chi connectivity index (χ3n) is 1.49. The SMILES string of the molecule is CCc1ncc(Br)cc1C. The number of hydrogen-bond acceptors (Lipinski definition) is 1. The number of pyridine rings is 1. The Hall–Kier alpha value is -0.370. The number of nitrogens with zero attached hydrogens (tertiary/aromatic N) is 1. The standard InChI is InChI=1S/C8H10BrN/c1-3-8-6(2)4-7(9)5-10-8/h4-5H,3H2,1-2H3. The first-order chi connectivity index (χ1) is 4.74. The molecule has 0 aliphatic rings. The van der Waals surface area contributed by atoms with E-state index in [0.29, 0.717) is 0 Å². The molecule has 1 heterocycles. The molecule has 0 spiro atoms. The average molecular weight is 200 g/mol. The van der Waals surface area contributed by atoms with Gasteiger partial charge in [-0.05, 0) is 40.9 Å². The van der Waals surface area contributed by atoms with Crippen molar-refractivity contribution >= 4 is 15.9 Å². The van der Waals surface area contributed by atoms with Gasteiger partial charge in [0.05, 0.1) is 0 Å². The predicted molar refractivity (Wildman–Crippen MR) is 46.1 cm³/mol. The van der Waals surface area contributed by atoms with Crippen LogP contribution in [0.4, 0.5) is 0 Å². The summed E-state index contributed by atoms with van der Waals surface area (Å²) >= 11 is 3.36. The summed E-state index contributed by atoms with van der Waals surface area (Å²) in [5.74, 6) is 0. The molecule has 0 radical (unpaired) electrons. The Morgan fingerprint density at radius 1 is 1.60 bits per heavy atom. The van der Waals surface area contributed by atoms with E-state index in [-0.39, 0.29) is 0 Å². The van der Waals surface area contributed by atoms with Gasteiger partial charge in [-0.25, -0.2) is 0 Å². The fourth-order valence-corrected chi connectivity index (χ4v) is 1.38. The van der Waals surface area contributed by atoms with E-state index in [9.17, 15) is 0 Å². The molecule has 0 saturated carbocycles. The van der Waals surface area contributed by atoms with Crippen LogP contribution in [0, 0.1) is 6.92 Å². The molecular formula is C8H10BrN. The van der Waals surface area contributed by atoms with Crippen molar-refractivity contribution in [1.29, 1.82) is 0 Å². The van der Waals surface area contributed by atoms with Gasteiger partial charge in [0.15, 0.2) is 0 Å². The summed E-state index contributed by atoms with van der Waals surface area (Å²) in [4.78, 5) is 4.25. The van der Waals surface area contributed by atoms with Crippen LogP contribution in [0.5, 0.6) is 0 Å². The van der Waals surface area contributed by atoms with Crippen LogP contribution in [0.3, 0.4) is 0 Å². The van der Waals surface area contributed by atoms with Crippen LogP contribution in [0.15, 0.2) is 16.7 Å². The molecule has 0 bridgehead atoms. The molecule has 2 heteroatoms. The maximum absolute atomic E-state index is 4.25. The Morgan fingerprint density at radius 2 is 2.30 bits per heavy atom. The largest absolute Gasteiger partial charge is 0.260 e. The highest BCUT2D eigenvalue weighted by molar-refractivity contribution is 9.10. The van der Waals surface area contributed by atoms with Gasteiger partial charge in [0.2, 0.25) is 0 Å². The second-order valence-corrected chi connectivity index (χ2v) is 3.19. The van der Waals surface area contributed by atoms with Gasteiger partial charge in [-0.3, -0.25) is 4.98 Å². The summed E-state index contributed by atoms with van der Waals surface area (Å²) in [5, 5.41) is 0. The number of rotatable bonds is 1. The van der Waals surface area contributed by atoms with Crippen LogP contribution in [0.1, 0.15) is 18.2 Å². The minimum Gasteiger partial charge on any atom is -0.260 e. The van der Waals surface area contributed by atoms with Gasteiger partial charge in [-0.2, -0.15) is 0 Å². The number of aryl methyl sites for hydroxylation is 2. The van der Waals surface area contributed by atoms with E-state index in [0.717, 1.165) is 10.9 Å². The van der Waals surface area contributed by atoms with Crippen LogP contribution >= 0.6 is 15.9 Å². The summed E-state index contributed by atoms with van der Waals surface area (Å²) < 4.78 is 1.06. The van der Waals surface area contributed by atoms with Gasteiger partial charge >= 0.3 is 0 Å². The number of hydrogen-bond donors (Lipinski definition) is 0. The van der Waals surface area contributed by atoms with Crippen molar-refractivity contribution in [3.63, 3.8) is 0 Å². The van der Waals surface area contributed by atoms with E-state index in [1.807, 2.05) is 6.20 Å². The molecule has 0 saturated heterocycles. The fraction of sp³-hybridized carbons (Fsp3) is 0.375. The van der Waals surface area contributed by atoms with Crippen LogP contribution < -0.4 is 0 Å². The van der Waals surface area contributed by atoms with Gasteiger partial charge in [-0.15, -0.1) is 0 Å². The van der Waals surface area contributed by atoms with Crippen molar-refractivity contribution in [3.8, 4) is 0 Å². The molecule has 1 aromatic rings. The Bertz CT molecular complexity index is 233. The first-order valence-electron chi connectivity index (χ1n) is 3.35. The molecule has 1 nitrogen and oxygen atoms in total. The first kappa shape index (κ1) is 7.73. The van der Waals surface area contributed by atoms with Crippen LogP contribution in [0.2, 0.25) is 0 Å². The monoisotopic (exact) mass is 199 g/mol. The van der Waals surface area contributed by atoms with E-state index < -0.39 is 0 Å². The van der Waals surface area contributed by atoms with Crippen LogP contribution in [-0.4, -0.2) is 4.98 Å². The lowest BCUT2D eigenvalue weighted by Gasteiger charge is -2.00. The van der Waals surface area contributed by atoms with E-state index in [1.165, 1.54) is 11.3 Å². The first-order valence-corrected chi connectivity index (χ1v) is 4.14. The Kier molecular flexibility index (Phi) is 2.44. The third kappa shape index (κ3) is 1.57. The Labute approximate surface area is 69.6 Å². The maximum atomic E-state index is 4.25. The minimum absolute atomic E-state index is 1.01. The number of halogens is 1. The smallest absolute Gasteiger partial charge is 0.0430 e. The lowest BCUT2D eigenvalue weighted by molar-refractivity contribution is 1.00. The van der Waals surface area contributed by atoms with Crippen molar-refractivity contribution in [1.82, 2.24) is 4.98 Å². The molecule has 0 aliphatic heterocycles. The molecule has 0 amide bonds. The molecule has 10 heavy (non-hydrogen) atoms. The molecule has 0 unspecified atom stereocenters. The van der Waals surface area contributed by atoms with Crippen LogP contribution in [-0.2, 0) is 6.42 Å². The normalized spacial score (nSPS) is 9.90. The van der Waals surface area contributed by atoms with Crippen molar-refractivity contribution in [3.05, 3.63) is 28.0 Å². The van der Waals surface area contributed by atoms with E-state index in [4.69, 9.17) is 0 Å². The lowest BCUT2D eigenvalue weighted by atomic mass is 10.2. The van der Waals surface area contributed by atoms with Crippen molar-refractivity contribution in [2.24, 2.45) is 0 Å². The zero-order chi connectivity index (χ0) is 7.56. The van der Waals surface area contributed by atoms with Gasteiger partial charge in [-0.1, -0.05) is 6.92 Å². The topological polar surface area (TPSA) is 12.9 Å². The van der Waals surface area contributed by atoms with Gasteiger partial charge < -0.3 is 0 Å². The highest BCUT2D eigenvalue weighted by Gasteiger charge is 1.95. The summed E-state index contributed by atoms with van der Waals surface area (Å²) in [6, 6.07) is 2.09.